The van der Waals surface area contributed by atoms with Crippen molar-refractivity contribution in [1.82, 2.24) is 19.9 Å². The summed E-state index contributed by atoms with van der Waals surface area (Å²) >= 11 is 5.91. The van der Waals surface area contributed by atoms with Crippen molar-refractivity contribution in [3.8, 4) is 0 Å². The summed E-state index contributed by atoms with van der Waals surface area (Å²) in [4.78, 5) is 17.5. The first-order valence-electron chi connectivity index (χ1n) is 5.93. The van der Waals surface area contributed by atoms with Crippen LogP contribution in [0.4, 0.5) is 5.82 Å². The molecule has 0 saturated carbocycles. The van der Waals surface area contributed by atoms with Crippen LogP contribution in [0.3, 0.4) is 0 Å². The summed E-state index contributed by atoms with van der Waals surface area (Å²) in [7, 11) is 1.97. The highest BCUT2D eigenvalue weighted by Crippen LogP contribution is 2.23. The molecule has 0 radical (unpaired) electrons. The zero-order valence-corrected chi connectivity index (χ0v) is 10.8. The fourth-order valence-corrected chi connectivity index (χ4v) is 2.41. The van der Waals surface area contributed by atoms with Gasteiger partial charge in [-0.1, -0.05) is 0 Å². The molecule has 3 heterocycles. The minimum Gasteiger partial charge on any atom is -0.376 e. The van der Waals surface area contributed by atoms with E-state index in [4.69, 9.17) is 16.3 Å². The summed E-state index contributed by atoms with van der Waals surface area (Å²) < 4.78 is 5.62. The van der Waals surface area contributed by atoms with Crippen molar-refractivity contribution in [3.05, 3.63) is 11.6 Å². The molecule has 3 rings (SSSR count). The number of fused-ring (bicyclic) bond motifs is 1. The van der Waals surface area contributed by atoms with Crippen molar-refractivity contribution >= 4 is 28.6 Å². The Kier molecular flexibility index (Phi) is 3.05. The van der Waals surface area contributed by atoms with E-state index < -0.39 is 0 Å². The van der Waals surface area contributed by atoms with Gasteiger partial charge in [-0.2, -0.15) is 9.97 Å². The molecule has 0 amide bonds. The first-order valence-corrected chi connectivity index (χ1v) is 6.31. The van der Waals surface area contributed by atoms with Crippen LogP contribution in [-0.4, -0.2) is 46.2 Å². The van der Waals surface area contributed by atoms with Gasteiger partial charge >= 0.3 is 0 Å². The Bertz CT molecular complexity index is 551. The fourth-order valence-electron chi connectivity index (χ4n) is 2.25. The third-order valence-electron chi connectivity index (χ3n) is 3.10. The van der Waals surface area contributed by atoms with E-state index in [1.807, 2.05) is 11.9 Å². The van der Waals surface area contributed by atoms with Gasteiger partial charge in [0.05, 0.1) is 12.4 Å². The van der Waals surface area contributed by atoms with Crippen LogP contribution >= 0.6 is 11.6 Å². The molecule has 1 aliphatic heterocycles. The topological polar surface area (TPSA) is 66.9 Å². The maximum absolute atomic E-state index is 5.91. The molecule has 0 spiro atoms. The van der Waals surface area contributed by atoms with Crippen LogP contribution in [0.1, 0.15) is 12.8 Å². The van der Waals surface area contributed by atoms with E-state index in [2.05, 4.69) is 19.9 Å². The van der Waals surface area contributed by atoms with Crippen LogP contribution < -0.4 is 4.90 Å². The summed E-state index contributed by atoms with van der Waals surface area (Å²) in [5.74, 6) is 0.762. The van der Waals surface area contributed by atoms with E-state index >= 15 is 0 Å². The number of hydrogen-bond donors (Lipinski definition) is 1. The molecule has 1 saturated heterocycles. The molecule has 18 heavy (non-hydrogen) atoms. The van der Waals surface area contributed by atoms with E-state index in [1.54, 1.807) is 6.33 Å². The highest BCUT2D eigenvalue weighted by Gasteiger charge is 2.20. The molecule has 1 atom stereocenters. The standard InChI is InChI=1S/C11H14ClN5O/c1-17(5-7-3-2-4-18-7)10-8-9(14-6-13-8)15-11(12)16-10/h6-7H,2-5H2,1H3,(H,13,14,15,16). The van der Waals surface area contributed by atoms with E-state index in [0.29, 0.717) is 5.65 Å². The summed E-state index contributed by atoms with van der Waals surface area (Å²) in [5, 5.41) is 0.212. The second-order valence-electron chi connectivity index (χ2n) is 4.43. The van der Waals surface area contributed by atoms with Crippen LogP contribution in [0.15, 0.2) is 6.33 Å². The summed E-state index contributed by atoms with van der Waals surface area (Å²) in [6.45, 7) is 1.64. The molecule has 7 heteroatoms. The maximum Gasteiger partial charge on any atom is 0.226 e. The van der Waals surface area contributed by atoms with Crippen LogP contribution in [-0.2, 0) is 4.74 Å². The minimum atomic E-state index is 0.212. The quantitative estimate of drug-likeness (QED) is 0.856. The molecule has 6 nitrogen and oxygen atoms in total. The minimum absolute atomic E-state index is 0.212. The van der Waals surface area contributed by atoms with Gasteiger partial charge in [0.2, 0.25) is 5.28 Å². The monoisotopic (exact) mass is 267 g/mol. The third-order valence-corrected chi connectivity index (χ3v) is 3.27. The summed E-state index contributed by atoms with van der Waals surface area (Å²) in [6, 6.07) is 0. The Morgan fingerprint density at radius 2 is 2.44 bits per heavy atom. The van der Waals surface area contributed by atoms with Crippen molar-refractivity contribution in [2.75, 3.05) is 25.1 Å². The van der Waals surface area contributed by atoms with Gasteiger partial charge in [0, 0.05) is 20.2 Å². The molecule has 1 unspecified atom stereocenters. The molecular weight excluding hydrogens is 254 g/mol. The number of hydrogen-bond acceptors (Lipinski definition) is 5. The smallest absolute Gasteiger partial charge is 0.226 e. The molecule has 0 aromatic carbocycles. The van der Waals surface area contributed by atoms with Gasteiger partial charge in [0.15, 0.2) is 11.5 Å². The van der Waals surface area contributed by atoms with Crippen molar-refractivity contribution in [2.24, 2.45) is 0 Å². The van der Waals surface area contributed by atoms with Crippen LogP contribution in [0, 0.1) is 0 Å². The zero-order valence-electron chi connectivity index (χ0n) is 10.1. The third kappa shape index (κ3) is 2.13. The molecule has 1 fully saturated rings. The predicted octanol–water partition coefficient (Wildman–Crippen LogP) is 1.62. The highest BCUT2D eigenvalue weighted by atomic mass is 35.5. The Balaban J connectivity index is 1.89. The average molecular weight is 268 g/mol. The van der Waals surface area contributed by atoms with E-state index in [1.165, 1.54) is 0 Å². The van der Waals surface area contributed by atoms with Crippen LogP contribution in [0.2, 0.25) is 5.28 Å². The first-order chi connectivity index (χ1) is 8.74. The van der Waals surface area contributed by atoms with E-state index in [-0.39, 0.29) is 11.4 Å². The number of aromatic amines is 1. The largest absolute Gasteiger partial charge is 0.376 e. The maximum atomic E-state index is 5.91. The second-order valence-corrected chi connectivity index (χ2v) is 4.77. The first kappa shape index (κ1) is 11.7. The Morgan fingerprint density at radius 1 is 1.56 bits per heavy atom. The molecule has 2 aromatic heterocycles. The number of likely N-dealkylation sites (N-methyl/N-ethyl adjacent to an activating group) is 1. The Hall–Kier alpha value is -1.40. The van der Waals surface area contributed by atoms with Crippen LogP contribution in [0.5, 0.6) is 0 Å². The number of anilines is 1. The molecule has 1 N–H and O–H groups in total. The SMILES string of the molecule is CN(CC1CCCO1)c1nc(Cl)nc2nc[nH]c12. The number of halogens is 1. The Labute approximate surface area is 109 Å². The van der Waals surface area contributed by atoms with E-state index in [9.17, 15) is 0 Å². The van der Waals surface area contributed by atoms with Crippen LogP contribution in [0.25, 0.3) is 11.2 Å². The molecule has 1 aliphatic rings. The molecule has 0 bridgehead atoms. The van der Waals surface area contributed by atoms with Crippen molar-refractivity contribution in [1.29, 1.82) is 0 Å². The lowest BCUT2D eigenvalue weighted by Crippen LogP contribution is -2.29. The lowest BCUT2D eigenvalue weighted by molar-refractivity contribution is 0.116. The molecule has 0 aliphatic carbocycles. The average Bonchev–Trinajstić information content (AvgIpc) is 2.97. The number of nitrogens with one attached hydrogen (secondary N) is 1. The van der Waals surface area contributed by atoms with Gasteiger partial charge in [-0.3, -0.25) is 0 Å². The van der Waals surface area contributed by atoms with Gasteiger partial charge in [-0.25, -0.2) is 4.98 Å². The molecule has 2 aromatic rings. The molecular formula is C11H14ClN5O. The highest BCUT2D eigenvalue weighted by molar-refractivity contribution is 6.28. The van der Waals surface area contributed by atoms with Gasteiger partial charge in [-0.05, 0) is 24.4 Å². The number of rotatable bonds is 3. The van der Waals surface area contributed by atoms with Gasteiger partial charge in [0.25, 0.3) is 0 Å². The number of ether oxygens (including phenoxy) is 1. The van der Waals surface area contributed by atoms with Crippen molar-refractivity contribution in [2.45, 2.75) is 18.9 Å². The number of H-pyrrole nitrogens is 1. The summed E-state index contributed by atoms with van der Waals surface area (Å²) in [6.07, 6.45) is 4.08. The van der Waals surface area contributed by atoms with Crippen molar-refractivity contribution in [3.63, 3.8) is 0 Å². The second kappa shape index (κ2) is 4.70. The number of nitrogens with zero attached hydrogens (tertiary/aromatic N) is 4. The van der Waals surface area contributed by atoms with E-state index in [0.717, 1.165) is 37.3 Å². The van der Waals surface area contributed by atoms with Crippen molar-refractivity contribution < 1.29 is 4.74 Å². The Morgan fingerprint density at radius 3 is 3.22 bits per heavy atom. The van der Waals surface area contributed by atoms with Gasteiger partial charge in [-0.15, -0.1) is 0 Å². The fraction of sp³-hybridized carbons (Fsp3) is 0.545. The number of aromatic nitrogens is 4. The normalized spacial score (nSPS) is 19.6. The van der Waals surface area contributed by atoms with Gasteiger partial charge < -0.3 is 14.6 Å². The van der Waals surface area contributed by atoms with Gasteiger partial charge in [0.1, 0.15) is 5.52 Å². The lowest BCUT2D eigenvalue weighted by atomic mass is 10.2. The lowest BCUT2D eigenvalue weighted by Gasteiger charge is -2.21. The summed E-state index contributed by atoms with van der Waals surface area (Å²) in [5.41, 5.74) is 1.39. The zero-order chi connectivity index (χ0) is 12.5. The number of imidazole rings is 1. The molecule has 96 valence electrons. The predicted molar refractivity (Wildman–Crippen MR) is 68.9 cm³/mol.